The molecule has 0 amide bonds. The molecule has 0 aromatic heterocycles. The predicted octanol–water partition coefficient (Wildman–Crippen LogP) is 2.12. The molecule has 0 fully saturated rings. The smallest absolute Gasteiger partial charge is 0.145 e. The van der Waals surface area contributed by atoms with Crippen molar-refractivity contribution in [2.75, 3.05) is 13.1 Å². The molecule has 1 aliphatic rings. The van der Waals surface area contributed by atoms with E-state index in [1.807, 2.05) is 0 Å². The summed E-state index contributed by atoms with van der Waals surface area (Å²) in [6.07, 6.45) is 8.46. The van der Waals surface area contributed by atoms with Gasteiger partial charge >= 0.3 is 0 Å². The van der Waals surface area contributed by atoms with Crippen LogP contribution < -0.4 is 0 Å². The highest BCUT2D eigenvalue weighted by atomic mass is 15.0. The summed E-state index contributed by atoms with van der Waals surface area (Å²) in [5.74, 6) is 0.874. The third-order valence-corrected chi connectivity index (χ3v) is 1.93. The van der Waals surface area contributed by atoms with Crippen LogP contribution in [0.5, 0.6) is 0 Å². The molecule has 3 nitrogen and oxygen atoms in total. The van der Waals surface area contributed by atoms with Crippen molar-refractivity contribution in [3.05, 3.63) is 0 Å². The molecule has 72 valence electrons. The van der Waals surface area contributed by atoms with Gasteiger partial charge in [0.1, 0.15) is 5.84 Å². The van der Waals surface area contributed by atoms with Gasteiger partial charge in [-0.25, -0.2) is 4.99 Å². The van der Waals surface area contributed by atoms with Crippen molar-refractivity contribution in [2.45, 2.75) is 32.6 Å². The first-order valence-corrected chi connectivity index (χ1v) is 4.99. The topological polar surface area (TPSA) is 37.1 Å². The van der Waals surface area contributed by atoms with E-state index >= 15 is 0 Å². The highest BCUT2D eigenvalue weighted by molar-refractivity contribution is 6.21. The maximum Gasteiger partial charge on any atom is 0.145 e. The number of rotatable bonds is 5. The quantitative estimate of drug-likeness (QED) is 0.580. The Morgan fingerprint density at radius 1 is 1.31 bits per heavy atom. The number of amidine groups is 1. The molecule has 3 heteroatoms. The fourth-order valence-corrected chi connectivity index (χ4v) is 1.18. The molecule has 0 bridgehead atoms. The largest absolute Gasteiger partial charge is 0.283 e. The zero-order valence-electron chi connectivity index (χ0n) is 8.24. The predicted molar refractivity (Wildman–Crippen MR) is 58.3 cm³/mol. The Kier molecular flexibility index (Phi) is 5.06. The van der Waals surface area contributed by atoms with E-state index in [4.69, 9.17) is 0 Å². The Bertz CT molecular complexity index is 216. The van der Waals surface area contributed by atoms with Gasteiger partial charge in [-0.05, 0) is 6.42 Å². The van der Waals surface area contributed by atoms with E-state index in [2.05, 4.69) is 21.9 Å². The monoisotopic (exact) mass is 179 g/mol. The first-order valence-electron chi connectivity index (χ1n) is 4.99. The third kappa shape index (κ3) is 4.55. The van der Waals surface area contributed by atoms with E-state index in [-0.39, 0.29) is 0 Å². The Morgan fingerprint density at radius 2 is 2.23 bits per heavy atom. The lowest BCUT2D eigenvalue weighted by molar-refractivity contribution is 0.674. The van der Waals surface area contributed by atoms with Crippen LogP contribution >= 0.6 is 0 Å². The summed E-state index contributed by atoms with van der Waals surface area (Å²) in [6, 6.07) is 0. The Labute approximate surface area is 79.7 Å². The fraction of sp³-hybridized carbons (Fsp3) is 0.700. The van der Waals surface area contributed by atoms with Crippen LogP contribution in [0.3, 0.4) is 0 Å². The van der Waals surface area contributed by atoms with Crippen molar-refractivity contribution in [2.24, 2.45) is 15.0 Å². The van der Waals surface area contributed by atoms with Crippen LogP contribution in [0.2, 0.25) is 0 Å². The summed E-state index contributed by atoms with van der Waals surface area (Å²) in [5.41, 5.74) is 0. The zero-order chi connectivity index (χ0) is 9.36. The van der Waals surface area contributed by atoms with Gasteiger partial charge in [0.15, 0.2) is 0 Å². The first kappa shape index (κ1) is 10.1. The molecule has 0 unspecified atom stereocenters. The number of unbranched alkanes of at least 4 members (excludes halogenated alkanes) is 3. The SMILES string of the molecule is CCCCCCN=C1CN=CC=N1. The number of aliphatic imine (C=N–C) groups is 3. The van der Waals surface area contributed by atoms with Crippen LogP contribution in [-0.4, -0.2) is 31.4 Å². The molecule has 0 saturated carbocycles. The van der Waals surface area contributed by atoms with Gasteiger partial charge in [0.05, 0.1) is 6.54 Å². The lowest BCUT2D eigenvalue weighted by atomic mass is 10.2. The average molecular weight is 179 g/mol. The van der Waals surface area contributed by atoms with E-state index in [9.17, 15) is 0 Å². The Morgan fingerprint density at radius 3 is 2.92 bits per heavy atom. The van der Waals surface area contributed by atoms with Crippen LogP contribution in [0.25, 0.3) is 0 Å². The molecule has 0 saturated heterocycles. The van der Waals surface area contributed by atoms with Gasteiger partial charge in [-0.3, -0.25) is 9.98 Å². The van der Waals surface area contributed by atoms with Crippen molar-refractivity contribution in [3.8, 4) is 0 Å². The lowest BCUT2D eigenvalue weighted by Gasteiger charge is -2.00. The molecule has 1 aliphatic heterocycles. The molecular formula is C10H17N3. The van der Waals surface area contributed by atoms with Gasteiger partial charge in [0, 0.05) is 19.0 Å². The minimum atomic E-state index is 0.657. The molecule has 0 aromatic carbocycles. The van der Waals surface area contributed by atoms with Crippen molar-refractivity contribution in [1.82, 2.24) is 0 Å². The molecule has 0 aromatic rings. The Hall–Kier alpha value is -0.990. The van der Waals surface area contributed by atoms with E-state index in [1.54, 1.807) is 12.4 Å². The summed E-state index contributed by atoms with van der Waals surface area (Å²) in [7, 11) is 0. The van der Waals surface area contributed by atoms with Gasteiger partial charge in [-0.1, -0.05) is 26.2 Å². The van der Waals surface area contributed by atoms with Crippen molar-refractivity contribution in [1.29, 1.82) is 0 Å². The number of hydrogen-bond donors (Lipinski definition) is 0. The van der Waals surface area contributed by atoms with Crippen molar-refractivity contribution in [3.63, 3.8) is 0 Å². The van der Waals surface area contributed by atoms with Crippen LogP contribution in [-0.2, 0) is 0 Å². The van der Waals surface area contributed by atoms with E-state index < -0.39 is 0 Å². The molecule has 0 N–H and O–H groups in total. The molecule has 13 heavy (non-hydrogen) atoms. The molecule has 0 spiro atoms. The molecular weight excluding hydrogens is 162 g/mol. The molecule has 0 atom stereocenters. The van der Waals surface area contributed by atoms with Crippen LogP contribution in [0.1, 0.15) is 32.6 Å². The van der Waals surface area contributed by atoms with Crippen molar-refractivity contribution < 1.29 is 0 Å². The first-order chi connectivity index (χ1) is 6.43. The summed E-state index contributed by atoms with van der Waals surface area (Å²) in [4.78, 5) is 12.6. The van der Waals surface area contributed by atoms with E-state index in [0.717, 1.165) is 12.4 Å². The molecule has 0 radical (unpaired) electrons. The third-order valence-electron chi connectivity index (χ3n) is 1.93. The van der Waals surface area contributed by atoms with Crippen LogP contribution in [0.15, 0.2) is 15.0 Å². The molecule has 1 rings (SSSR count). The highest BCUT2D eigenvalue weighted by Crippen LogP contribution is 1.99. The number of nitrogens with zero attached hydrogens (tertiary/aromatic N) is 3. The maximum absolute atomic E-state index is 4.36. The standard InChI is InChI=1S/C10H17N3/c1-2-3-4-5-6-12-10-9-11-7-8-13-10/h7-8H,2-6,9H2,1H3. The second-order valence-corrected chi connectivity index (χ2v) is 3.13. The second-order valence-electron chi connectivity index (χ2n) is 3.13. The maximum atomic E-state index is 4.36. The lowest BCUT2D eigenvalue weighted by Crippen LogP contribution is -2.06. The average Bonchev–Trinajstić information content (AvgIpc) is 2.19. The van der Waals surface area contributed by atoms with Crippen LogP contribution in [0, 0.1) is 0 Å². The van der Waals surface area contributed by atoms with Gasteiger partial charge in [-0.2, -0.15) is 0 Å². The van der Waals surface area contributed by atoms with Gasteiger partial charge in [0.25, 0.3) is 0 Å². The molecule has 0 aliphatic carbocycles. The van der Waals surface area contributed by atoms with Gasteiger partial charge < -0.3 is 0 Å². The minimum Gasteiger partial charge on any atom is -0.283 e. The van der Waals surface area contributed by atoms with Crippen molar-refractivity contribution >= 4 is 18.3 Å². The second kappa shape index (κ2) is 6.52. The highest BCUT2D eigenvalue weighted by Gasteiger charge is 1.95. The normalized spacial score (nSPS) is 18.4. The zero-order valence-corrected chi connectivity index (χ0v) is 8.24. The Balaban J connectivity index is 2.10. The number of hydrogen-bond acceptors (Lipinski definition) is 2. The van der Waals surface area contributed by atoms with E-state index in [0.29, 0.717) is 6.54 Å². The summed E-state index contributed by atoms with van der Waals surface area (Å²) >= 11 is 0. The fourth-order valence-electron chi connectivity index (χ4n) is 1.18. The van der Waals surface area contributed by atoms with E-state index in [1.165, 1.54) is 25.7 Å². The molecule has 1 heterocycles. The summed E-state index contributed by atoms with van der Waals surface area (Å²) in [5, 5.41) is 0. The minimum absolute atomic E-state index is 0.657. The summed E-state index contributed by atoms with van der Waals surface area (Å²) in [6.45, 7) is 3.78. The van der Waals surface area contributed by atoms with Gasteiger partial charge in [0.2, 0.25) is 0 Å². The van der Waals surface area contributed by atoms with Gasteiger partial charge in [-0.15, -0.1) is 0 Å². The van der Waals surface area contributed by atoms with Crippen LogP contribution in [0.4, 0.5) is 0 Å². The summed E-state index contributed by atoms with van der Waals surface area (Å²) < 4.78 is 0.